The molecule has 0 unspecified atom stereocenters. The molecule has 1 heterocycles. The number of hydrogen-bond donors (Lipinski definition) is 1. The van der Waals surface area contributed by atoms with Crippen LogP contribution in [-0.4, -0.2) is 8.42 Å². The molecule has 0 saturated heterocycles. The van der Waals surface area contributed by atoms with Crippen molar-refractivity contribution in [2.24, 2.45) is 0 Å². The molecule has 0 saturated carbocycles. The van der Waals surface area contributed by atoms with Crippen LogP contribution in [0.15, 0.2) is 61.0 Å². The van der Waals surface area contributed by atoms with Gasteiger partial charge in [-0.15, -0.1) is 11.3 Å². The Balaban J connectivity index is 1.87. The molecule has 2 aromatic carbocycles. The summed E-state index contributed by atoms with van der Waals surface area (Å²) < 4.78 is 29.2. The molecule has 22 heavy (non-hydrogen) atoms. The Morgan fingerprint density at radius 1 is 1.05 bits per heavy atom. The molecule has 0 bridgehead atoms. The third-order valence-corrected chi connectivity index (χ3v) is 8.35. The fourth-order valence-electron chi connectivity index (χ4n) is 2.15. The van der Waals surface area contributed by atoms with Crippen LogP contribution in [0.2, 0.25) is 0 Å². The van der Waals surface area contributed by atoms with Gasteiger partial charge in [-0.25, -0.2) is 13.1 Å². The fraction of sp³-hybridized carbons (Fsp3) is 0.0667. The van der Waals surface area contributed by atoms with Crippen LogP contribution in [0.5, 0.6) is 0 Å². The minimum absolute atomic E-state index is 0.261. The number of nitrogens with one attached hydrogen (secondary N) is 1. The van der Waals surface area contributed by atoms with E-state index in [9.17, 15) is 8.42 Å². The van der Waals surface area contributed by atoms with E-state index < -0.39 is 10.0 Å². The zero-order chi connectivity index (χ0) is 15.7. The van der Waals surface area contributed by atoms with Crippen molar-refractivity contribution >= 4 is 64.0 Å². The van der Waals surface area contributed by atoms with E-state index in [0.717, 1.165) is 24.6 Å². The molecule has 0 fully saturated rings. The molecule has 3 rings (SSSR count). The minimum Gasteiger partial charge on any atom is -0.206 e. The van der Waals surface area contributed by atoms with Crippen molar-refractivity contribution in [3.63, 3.8) is 0 Å². The third-order valence-electron chi connectivity index (χ3n) is 3.22. The lowest BCUT2D eigenvalue weighted by Gasteiger charge is -2.08. The smallest absolute Gasteiger partial charge is 0.206 e. The largest absolute Gasteiger partial charge is 0.250 e. The van der Waals surface area contributed by atoms with Crippen molar-refractivity contribution in [2.45, 2.75) is 10.8 Å². The van der Waals surface area contributed by atoms with Gasteiger partial charge in [-0.05, 0) is 54.3 Å². The molecular formula is C15H11Br2NO2S2. The van der Waals surface area contributed by atoms with Gasteiger partial charge in [0.2, 0.25) is 10.0 Å². The van der Waals surface area contributed by atoms with E-state index in [4.69, 9.17) is 0 Å². The second-order valence-electron chi connectivity index (χ2n) is 4.65. The Hall–Kier alpha value is -0.730. The maximum absolute atomic E-state index is 12.4. The predicted octanol–water partition coefficient (Wildman–Crippen LogP) is 4.90. The monoisotopic (exact) mass is 459 g/mol. The molecule has 3 nitrogen and oxygen atoms in total. The summed E-state index contributed by atoms with van der Waals surface area (Å²) in [6.45, 7) is 0.261. The number of benzene rings is 2. The van der Waals surface area contributed by atoms with E-state index in [1.807, 2.05) is 42.5 Å². The molecule has 1 N–H and O–H groups in total. The molecule has 0 atom stereocenters. The van der Waals surface area contributed by atoms with Crippen molar-refractivity contribution in [1.82, 2.24) is 4.72 Å². The van der Waals surface area contributed by atoms with Gasteiger partial charge in [0, 0.05) is 11.0 Å². The summed E-state index contributed by atoms with van der Waals surface area (Å²) in [5, 5.41) is 2.15. The molecule has 3 aromatic rings. The maximum Gasteiger partial charge on any atom is 0.250 e. The first-order valence-corrected chi connectivity index (χ1v) is 10.3. The first-order chi connectivity index (χ1) is 10.5. The zero-order valence-electron chi connectivity index (χ0n) is 11.2. The number of hydrogen-bond acceptors (Lipinski definition) is 3. The summed E-state index contributed by atoms with van der Waals surface area (Å²) in [5.41, 5.74) is 0.955. The van der Waals surface area contributed by atoms with E-state index in [0.29, 0.717) is 0 Å². The molecule has 0 spiro atoms. The molecule has 0 aliphatic rings. The Labute approximate surface area is 149 Å². The van der Waals surface area contributed by atoms with E-state index in [1.54, 1.807) is 6.07 Å². The van der Waals surface area contributed by atoms with Gasteiger partial charge >= 0.3 is 0 Å². The fourth-order valence-corrected chi connectivity index (χ4v) is 6.02. The molecule has 1 aromatic heterocycles. The van der Waals surface area contributed by atoms with Gasteiger partial charge in [-0.2, -0.15) is 0 Å². The summed E-state index contributed by atoms with van der Waals surface area (Å²) in [5.74, 6) is 0. The number of thiophene rings is 1. The lowest BCUT2D eigenvalue weighted by atomic mass is 10.1. The first-order valence-electron chi connectivity index (χ1n) is 6.38. The topological polar surface area (TPSA) is 46.2 Å². The molecule has 0 amide bonds. The highest BCUT2D eigenvalue weighted by Crippen LogP contribution is 2.34. The summed E-state index contributed by atoms with van der Waals surface area (Å²) in [6.07, 6.45) is 0. The standard InChI is InChI=1S/C15H11Br2NO2S2/c16-13-8-14(21-15(13)17)22(19,20)18-9-11-6-3-5-10-4-1-2-7-12(10)11/h1-8,18H,9H2. The van der Waals surface area contributed by atoms with Crippen molar-refractivity contribution in [3.05, 3.63) is 62.4 Å². The summed E-state index contributed by atoms with van der Waals surface area (Å²) in [6, 6.07) is 15.4. The second-order valence-corrected chi connectivity index (χ2v) is 9.87. The van der Waals surface area contributed by atoms with E-state index >= 15 is 0 Å². The quantitative estimate of drug-likeness (QED) is 0.601. The highest BCUT2D eigenvalue weighted by molar-refractivity contribution is 9.13. The van der Waals surface area contributed by atoms with Crippen molar-refractivity contribution in [2.75, 3.05) is 0 Å². The molecule has 7 heteroatoms. The second kappa shape index (κ2) is 6.41. The van der Waals surface area contributed by atoms with Crippen molar-refractivity contribution in [1.29, 1.82) is 0 Å². The summed E-state index contributed by atoms with van der Waals surface area (Å²) >= 11 is 7.80. The van der Waals surface area contributed by atoms with Crippen LogP contribution in [0.1, 0.15) is 5.56 Å². The summed E-state index contributed by atoms with van der Waals surface area (Å²) in [7, 11) is -3.52. The lowest BCUT2D eigenvalue weighted by Crippen LogP contribution is -2.22. The van der Waals surface area contributed by atoms with Crippen molar-refractivity contribution in [3.8, 4) is 0 Å². The molecule has 0 radical (unpaired) electrons. The maximum atomic E-state index is 12.4. The highest BCUT2D eigenvalue weighted by Gasteiger charge is 2.18. The third kappa shape index (κ3) is 3.28. The van der Waals surface area contributed by atoms with Crippen LogP contribution in [0.4, 0.5) is 0 Å². The Bertz CT molecular complexity index is 911. The van der Waals surface area contributed by atoms with Gasteiger partial charge in [0.1, 0.15) is 4.21 Å². The van der Waals surface area contributed by atoms with Crippen LogP contribution >= 0.6 is 43.2 Å². The van der Waals surface area contributed by atoms with Crippen LogP contribution in [0.25, 0.3) is 10.8 Å². The van der Waals surface area contributed by atoms with Gasteiger partial charge in [0.05, 0.1) is 3.79 Å². The van der Waals surface area contributed by atoms with Gasteiger partial charge < -0.3 is 0 Å². The summed E-state index contributed by atoms with van der Waals surface area (Å²) in [4.78, 5) is 0. The van der Waals surface area contributed by atoms with Gasteiger partial charge in [-0.1, -0.05) is 42.5 Å². The van der Waals surface area contributed by atoms with Crippen LogP contribution < -0.4 is 4.72 Å². The Morgan fingerprint density at radius 3 is 2.50 bits per heavy atom. The van der Waals surface area contributed by atoms with Gasteiger partial charge in [0.25, 0.3) is 0 Å². The number of sulfonamides is 1. The van der Waals surface area contributed by atoms with Crippen LogP contribution in [0.3, 0.4) is 0 Å². The minimum atomic E-state index is -3.52. The number of halogens is 2. The SMILES string of the molecule is O=S(=O)(NCc1cccc2ccccc12)c1cc(Br)c(Br)s1. The van der Waals surface area contributed by atoms with E-state index in [-0.39, 0.29) is 10.8 Å². The molecule has 114 valence electrons. The lowest BCUT2D eigenvalue weighted by molar-refractivity contribution is 0.583. The zero-order valence-corrected chi connectivity index (χ0v) is 16.0. The molecule has 0 aliphatic carbocycles. The predicted molar refractivity (Wildman–Crippen MR) is 97.7 cm³/mol. The van der Waals surface area contributed by atoms with Crippen LogP contribution in [0, 0.1) is 0 Å². The number of rotatable bonds is 4. The highest BCUT2D eigenvalue weighted by atomic mass is 79.9. The normalized spacial score (nSPS) is 11.9. The van der Waals surface area contributed by atoms with E-state index in [2.05, 4.69) is 36.6 Å². The average molecular weight is 461 g/mol. The van der Waals surface area contributed by atoms with E-state index in [1.165, 1.54) is 11.3 Å². The Morgan fingerprint density at radius 2 is 1.77 bits per heavy atom. The van der Waals surface area contributed by atoms with Crippen LogP contribution in [-0.2, 0) is 16.6 Å². The Kier molecular flexibility index (Phi) is 4.70. The van der Waals surface area contributed by atoms with Gasteiger partial charge in [-0.3, -0.25) is 0 Å². The first kappa shape index (κ1) is 16.1. The average Bonchev–Trinajstić information content (AvgIpc) is 2.85. The number of fused-ring (bicyclic) bond motifs is 1. The van der Waals surface area contributed by atoms with Crippen molar-refractivity contribution < 1.29 is 8.42 Å². The van der Waals surface area contributed by atoms with Gasteiger partial charge in [0.15, 0.2) is 0 Å². The molecule has 0 aliphatic heterocycles. The molecular weight excluding hydrogens is 450 g/mol.